The Morgan fingerprint density at radius 1 is 1.22 bits per heavy atom. The highest BCUT2D eigenvalue weighted by atomic mass is 32.1. The van der Waals surface area contributed by atoms with E-state index in [2.05, 4.69) is 9.73 Å². The number of thiazole rings is 1. The summed E-state index contributed by atoms with van der Waals surface area (Å²) in [5.41, 5.74) is 1.92. The van der Waals surface area contributed by atoms with Crippen LogP contribution in [-0.2, 0) is 30.5 Å². The molecular formula is C18H19N3O5S. The van der Waals surface area contributed by atoms with Crippen molar-refractivity contribution in [3.63, 3.8) is 0 Å². The van der Waals surface area contributed by atoms with E-state index in [0.717, 1.165) is 20.7 Å². The Kier molecular flexibility index (Phi) is 5.50. The minimum absolute atomic E-state index is 0.132. The first-order chi connectivity index (χ1) is 12.9. The highest BCUT2D eigenvalue weighted by Gasteiger charge is 2.30. The molecule has 0 bridgehead atoms. The molecule has 1 fully saturated rings. The Morgan fingerprint density at radius 2 is 1.93 bits per heavy atom. The molecule has 2 aromatic rings. The van der Waals surface area contributed by atoms with Crippen LogP contribution in [0.2, 0.25) is 0 Å². The number of fused-ring (bicyclic) bond motifs is 1. The molecule has 1 aliphatic rings. The minimum Gasteiger partial charge on any atom is -0.469 e. The fourth-order valence-corrected chi connectivity index (χ4v) is 4.04. The van der Waals surface area contributed by atoms with Gasteiger partial charge in [0.25, 0.3) is 5.91 Å². The summed E-state index contributed by atoms with van der Waals surface area (Å²) in [6.07, 6.45) is 0.404. The van der Waals surface area contributed by atoms with E-state index >= 15 is 0 Å². The number of nitrogens with zero attached hydrogens (tertiary/aromatic N) is 3. The van der Waals surface area contributed by atoms with Crippen LogP contribution in [0, 0.1) is 6.92 Å². The number of carbonyl (C=O) groups is 4. The number of methoxy groups -OCH3 is 1. The third kappa shape index (κ3) is 4.13. The summed E-state index contributed by atoms with van der Waals surface area (Å²) in [5.74, 6) is -1.64. The van der Waals surface area contributed by atoms with Gasteiger partial charge in [0.2, 0.25) is 11.8 Å². The fourth-order valence-electron chi connectivity index (χ4n) is 2.86. The van der Waals surface area contributed by atoms with E-state index in [1.54, 1.807) is 4.57 Å². The predicted octanol–water partition coefficient (Wildman–Crippen LogP) is 1.15. The lowest BCUT2D eigenvalue weighted by molar-refractivity contribution is -0.142. The molecule has 8 nitrogen and oxygen atoms in total. The number of likely N-dealkylation sites (tertiary alicyclic amines) is 1. The van der Waals surface area contributed by atoms with Crippen LogP contribution in [-0.4, -0.2) is 46.8 Å². The molecule has 0 N–H and O–H groups in total. The summed E-state index contributed by atoms with van der Waals surface area (Å²) in [5, 5.41) is 0. The van der Waals surface area contributed by atoms with Gasteiger partial charge in [0.05, 0.1) is 23.7 Å². The summed E-state index contributed by atoms with van der Waals surface area (Å²) < 4.78 is 7.39. The minimum atomic E-state index is -0.575. The first-order valence-electron chi connectivity index (χ1n) is 8.46. The van der Waals surface area contributed by atoms with Gasteiger partial charge in [-0.05, 0) is 24.6 Å². The Morgan fingerprint density at radius 3 is 2.59 bits per heavy atom. The zero-order chi connectivity index (χ0) is 19.6. The van der Waals surface area contributed by atoms with Crippen LogP contribution >= 0.6 is 11.3 Å². The third-order valence-corrected chi connectivity index (χ3v) is 5.32. The number of hydrogen-bond donors (Lipinski definition) is 0. The largest absolute Gasteiger partial charge is 0.469 e. The quantitative estimate of drug-likeness (QED) is 0.564. The second-order valence-electron chi connectivity index (χ2n) is 6.21. The first-order valence-corrected chi connectivity index (χ1v) is 9.28. The lowest BCUT2D eigenvalue weighted by Gasteiger charge is -2.10. The molecular weight excluding hydrogens is 370 g/mol. The van der Waals surface area contributed by atoms with Crippen molar-refractivity contribution in [3.8, 4) is 0 Å². The van der Waals surface area contributed by atoms with Crippen molar-refractivity contribution in [2.75, 3.05) is 13.7 Å². The molecule has 0 aliphatic carbocycles. The van der Waals surface area contributed by atoms with E-state index < -0.39 is 5.91 Å². The van der Waals surface area contributed by atoms with E-state index in [0.29, 0.717) is 11.3 Å². The van der Waals surface area contributed by atoms with E-state index in [9.17, 15) is 19.2 Å². The second-order valence-corrected chi connectivity index (χ2v) is 7.22. The Balaban J connectivity index is 1.94. The van der Waals surface area contributed by atoms with Gasteiger partial charge in [-0.1, -0.05) is 17.4 Å². The van der Waals surface area contributed by atoms with Crippen molar-refractivity contribution < 1.29 is 23.9 Å². The molecule has 0 atom stereocenters. The molecule has 3 rings (SSSR count). The van der Waals surface area contributed by atoms with Gasteiger partial charge in [-0.3, -0.25) is 24.1 Å². The Labute approximate surface area is 159 Å². The molecule has 2 heterocycles. The summed E-state index contributed by atoms with van der Waals surface area (Å²) in [4.78, 5) is 52.7. The third-order valence-electron chi connectivity index (χ3n) is 4.27. The van der Waals surface area contributed by atoms with E-state index in [-0.39, 0.29) is 43.6 Å². The maximum absolute atomic E-state index is 12.3. The molecule has 1 saturated heterocycles. The van der Waals surface area contributed by atoms with E-state index in [1.807, 2.05) is 25.1 Å². The number of benzene rings is 1. The van der Waals surface area contributed by atoms with Gasteiger partial charge in [0.1, 0.15) is 6.54 Å². The number of aryl methyl sites for hydroxylation is 2. The first kappa shape index (κ1) is 19.0. The molecule has 1 aromatic heterocycles. The molecule has 1 aliphatic heterocycles. The molecule has 0 radical (unpaired) electrons. The number of imide groups is 1. The molecule has 142 valence electrons. The average Bonchev–Trinajstić information content (AvgIpc) is 3.12. The second kappa shape index (κ2) is 7.83. The monoisotopic (exact) mass is 389 g/mol. The maximum atomic E-state index is 12.3. The average molecular weight is 389 g/mol. The number of rotatable bonds is 5. The summed E-state index contributed by atoms with van der Waals surface area (Å²) >= 11 is 1.32. The molecule has 3 amide bonds. The van der Waals surface area contributed by atoms with Crippen LogP contribution in [0.3, 0.4) is 0 Å². The van der Waals surface area contributed by atoms with Crippen LogP contribution in [0.1, 0.15) is 24.8 Å². The zero-order valence-corrected chi connectivity index (χ0v) is 15.9. The van der Waals surface area contributed by atoms with Gasteiger partial charge in [-0.2, -0.15) is 4.99 Å². The molecule has 27 heavy (non-hydrogen) atoms. The van der Waals surface area contributed by atoms with Crippen molar-refractivity contribution in [2.45, 2.75) is 32.7 Å². The number of carbonyl (C=O) groups excluding carboxylic acids is 4. The molecule has 0 spiro atoms. The van der Waals surface area contributed by atoms with Gasteiger partial charge in [0.15, 0.2) is 4.80 Å². The van der Waals surface area contributed by atoms with Gasteiger partial charge < -0.3 is 9.30 Å². The van der Waals surface area contributed by atoms with Gasteiger partial charge >= 0.3 is 5.97 Å². The van der Waals surface area contributed by atoms with Crippen molar-refractivity contribution in [1.82, 2.24) is 9.47 Å². The van der Waals surface area contributed by atoms with Gasteiger partial charge in [-0.25, -0.2) is 0 Å². The lowest BCUT2D eigenvalue weighted by atomic mass is 10.2. The van der Waals surface area contributed by atoms with Crippen molar-refractivity contribution in [3.05, 3.63) is 28.6 Å². The zero-order valence-electron chi connectivity index (χ0n) is 15.1. The number of esters is 1. The molecule has 0 saturated carbocycles. The number of amides is 3. The molecule has 0 unspecified atom stereocenters. The Bertz CT molecular complexity index is 988. The highest BCUT2D eigenvalue weighted by Crippen LogP contribution is 2.19. The number of ether oxygens (including phenoxy) is 1. The van der Waals surface area contributed by atoms with E-state index in [1.165, 1.54) is 18.4 Å². The van der Waals surface area contributed by atoms with Crippen LogP contribution in [0.25, 0.3) is 10.2 Å². The van der Waals surface area contributed by atoms with Crippen molar-refractivity contribution >= 4 is 45.2 Å². The maximum Gasteiger partial charge on any atom is 0.307 e. The smallest absolute Gasteiger partial charge is 0.307 e. The topological polar surface area (TPSA) is 98.0 Å². The number of aromatic nitrogens is 1. The van der Waals surface area contributed by atoms with Crippen LogP contribution in [0.15, 0.2) is 23.2 Å². The predicted molar refractivity (Wildman–Crippen MR) is 97.7 cm³/mol. The Hall–Kier alpha value is -2.81. The van der Waals surface area contributed by atoms with Gasteiger partial charge in [0, 0.05) is 19.4 Å². The van der Waals surface area contributed by atoms with Crippen LogP contribution in [0.4, 0.5) is 0 Å². The SMILES string of the molecule is COC(=O)CCn1c(=NC(=O)CN2C(=O)CCC2=O)sc2cc(C)ccc21. The fraction of sp³-hybridized carbons (Fsp3) is 0.389. The summed E-state index contributed by atoms with van der Waals surface area (Å²) in [7, 11) is 1.32. The van der Waals surface area contributed by atoms with Gasteiger partial charge in [-0.15, -0.1) is 0 Å². The van der Waals surface area contributed by atoms with E-state index in [4.69, 9.17) is 0 Å². The summed E-state index contributed by atoms with van der Waals surface area (Å²) in [6, 6.07) is 5.83. The number of hydrogen-bond acceptors (Lipinski definition) is 6. The molecule has 9 heteroatoms. The standard InChI is InChI=1S/C18H19N3O5S/c1-11-3-4-12-13(9-11)27-18(20(12)8-7-17(25)26-2)19-14(22)10-21-15(23)5-6-16(21)24/h3-4,9H,5-8,10H2,1-2H3. The van der Waals surface area contributed by atoms with Crippen LogP contribution in [0.5, 0.6) is 0 Å². The van der Waals surface area contributed by atoms with Crippen molar-refractivity contribution in [2.24, 2.45) is 4.99 Å². The molecule has 1 aromatic carbocycles. The lowest BCUT2D eigenvalue weighted by Crippen LogP contribution is -2.34. The van der Waals surface area contributed by atoms with Crippen molar-refractivity contribution in [1.29, 1.82) is 0 Å². The normalized spacial score (nSPS) is 15.0. The summed E-state index contributed by atoms with van der Waals surface area (Å²) in [6.45, 7) is 1.91. The van der Waals surface area contributed by atoms with Crippen LogP contribution < -0.4 is 4.80 Å². The highest BCUT2D eigenvalue weighted by molar-refractivity contribution is 7.16.